The van der Waals surface area contributed by atoms with Gasteiger partial charge < -0.3 is 14.2 Å². The van der Waals surface area contributed by atoms with Crippen LogP contribution in [-0.2, 0) is 13.0 Å². The van der Waals surface area contributed by atoms with Crippen LogP contribution in [-0.4, -0.2) is 34.5 Å². The van der Waals surface area contributed by atoms with E-state index in [4.69, 9.17) is 9.26 Å². The van der Waals surface area contributed by atoms with Crippen LogP contribution in [0.5, 0.6) is 5.75 Å². The molecule has 1 heterocycles. The lowest BCUT2D eigenvalue weighted by molar-refractivity contribution is 0.0795. The molecule has 0 aliphatic rings. The Balaban J connectivity index is 1.52. The van der Waals surface area contributed by atoms with Crippen LogP contribution in [0.2, 0.25) is 0 Å². The van der Waals surface area contributed by atoms with Gasteiger partial charge in [-0.05, 0) is 30.3 Å². The molecule has 3 rings (SSSR count). The van der Waals surface area contributed by atoms with Crippen LogP contribution in [0.15, 0.2) is 53.1 Å². The van der Waals surface area contributed by atoms with Crippen LogP contribution in [0, 0.1) is 11.6 Å². The van der Waals surface area contributed by atoms with Gasteiger partial charge in [0.1, 0.15) is 5.82 Å². The lowest BCUT2D eigenvalue weighted by Gasteiger charge is -2.16. The minimum absolute atomic E-state index is 0.0635. The molecule has 3 aromatic rings. The second kappa shape index (κ2) is 8.39. The van der Waals surface area contributed by atoms with E-state index in [9.17, 15) is 13.6 Å². The molecular formula is C19H17F2N3O3. The highest BCUT2D eigenvalue weighted by molar-refractivity contribution is 5.94. The fourth-order valence-electron chi connectivity index (χ4n) is 2.36. The molecular weight excluding hydrogens is 356 g/mol. The maximum absolute atomic E-state index is 13.5. The summed E-state index contributed by atoms with van der Waals surface area (Å²) in [7, 11) is 1.61. The van der Waals surface area contributed by atoms with Gasteiger partial charge >= 0.3 is 0 Å². The summed E-state index contributed by atoms with van der Waals surface area (Å²) in [5.74, 6) is -0.561. The van der Waals surface area contributed by atoms with E-state index in [0.717, 1.165) is 0 Å². The van der Waals surface area contributed by atoms with Crippen molar-refractivity contribution in [1.82, 2.24) is 15.0 Å². The summed E-state index contributed by atoms with van der Waals surface area (Å²) in [4.78, 5) is 17.8. The second-order valence-electron chi connectivity index (χ2n) is 5.81. The Labute approximate surface area is 154 Å². The number of nitrogens with zero attached hydrogens (tertiary/aromatic N) is 3. The number of carbonyl (C=O) groups excluding carboxylic acids is 1. The number of benzene rings is 2. The number of hydrogen-bond acceptors (Lipinski definition) is 5. The lowest BCUT2D eigenvalue weighted by Crippen LogP contribution is -2.29. The summed E-state index contributed by atoms with van der Waals surface area (Å²) < 4.78 is 37.1. The number of aromatic nitrogens is 2. The van der Waals surface area contributed by atoms with Crippen molar-refractivity contribution >= 4 is 5.91 Å². The van der Waals surface area contributed by atoms with Gasteiger partial charge in [0.25, 0.3) is 11.8 Å². The number of hydrogen-bond donors (Lipinski definition) is 0. The molecule has 2 aromatic carbocycles. The molecule has 140 valence electrons. The SMILES string of the molecule is CN(CCc1noc(COc2ccccc2F)n1)C(=O)c1cccc(F)c1. The normalized spacial score (nSPS) is 10.6. The van der Waals surface area contributed by atoms with Gasteiger partial charge in [0.2, 0.25) is 0 Å². The van der Waals surface area contributed by atoms with Gasteiger partial charge in [-0.2, -0.15) is 4.98 Å². The molecule has 0 saturated carbocycles. The molecule has 6 nitrogen and oxygen atoms in total. The Morgan fingerprint density at radius 3 is 2.78 bits per heavy atom. The van der Waals surface area contributed by atoms with Crippen LogP contribution in [0.4, 0.5) is 8.78 Å². The summed E-state index contributed by atoms with van der Waals surface area (Å²) >= 11 is 0. The van der Waals surface area contributed by atoms with E-state index < -0.39 is 11.6 Å². The van der Waals surface area contributed by atoms with E-state index in [1.54, 1.807) is 25.2 Å². The fraction of sp³-hybridized carbons (Fsp3) is 0.211. The molecule has 0 atom stereocenters. The Morgan fingerprint density at radius 1 is 1.19 bits per heavy atom. The maximum atomic E-state index is 13.5. The maximum Gasteiger partial charge on any atom is 0.264 e. The molecule has 1 amide bonds. The number of para-hydroxylation sites is 1. The van der Waals surface area contributed by atoms with Crippen molar-refractivity contribution in [3.05, 3.63) is 77.4 Å². The molecule has 0 N–H and O–H groups in total. The van der Waals surface area contributed by atoms with Gasteiger partial charge in [0.05, 0.1) is 0 Å². The summed E-state index contributed by atoms with van der Waals surface area (Å²) in [6.45, 7) is 0.258. The molecule has 0 fully saturated rings. The molecule has 0 radical (unpaired) electrons. The number of rotatable bonds is 7. The highest BCUT2D eigenvalue weighted by Crippen LogP contribution is 2.16. The first-order valence-corrected chi connectivity index (χ1v) is 8.23. The van der Waals surface area contributed by atoms with Gasteiger partial charge in [-0.1, -0.05) is 23.4 Å². The van der Waals surface area contributed by atoms with Crippen LogP contribution in [0.25, 0.3) is 0 Å². The Morgan fingerprint density at radius 2 is 2.00 bits per heavy atom. The van der Waals surface area contributed by atoms with Crippen molar-refractivity contribution in [3.8, 4) is 5.75 Å². The van der Waals surface area contributed by atoms with E-state index >= 15 is 0 Å². The minimum atomic E-state index is -0.477. The predicted molar refractivity (Wildman–Crippen MR) is 92.1 cm³/mol. The van der Waals surface area contributed by atoms with E-state index in [0.29, 0.717) is 18.8 Å². The smallest absolute Gasteiger partial charge is 0.264 e. The first-order valence-electron chi connectivity index (χ1n) is 8.23. The second-order valence-corrected chi connectivity index (χ2v) is 5.81. The summed E-state index contributed by atoms with van der Waals surface area (Å²) in [6, 6.07) is 11.5. The van der Waals surface area contributed by atoms with Crippen LogP contribution >= 0.6 is 0 Å². The first-order chi connectivity index (χ1) is 13.0. The standard InChI is InChI=1S/C19H17F2N3O3/c1-24(19(25)13-5-4-6-14(20)11-13)10-9-17-22-18(27-23-17)12-26-16-8-3-2-7-15(16)21/h2-8,11H,9-10,12H2,1H3. The number of ether oxygens (including phenoxy) is 1. The van der Waals surface area contributed by atoms with Crippen molar-refractivity contribution in [1.29, 1.82) is 0 Å². The molecule has 0 aliphatic heterocycles. The van der Waals surface area contributed by atoms with Crippen molar-refractivity contribution in [3.63, 3.8) is 0 Å². The number of amides is 1. The van der Waals surface area contributed by atoms with Gasteiger partial charge in [-0.25, -0.2) is 8.78 Å². The Kier molecular flexibility index (Phi) is 5.75. The van der Waals surface area contributed by atoms with Crippen LogP contribution < -0.4 is 4.74 Å². The monoisotopic (exact) mass is 373 g/mol. The third kappa shape index (κ3) is 4.87. The van der Waals surface area contributed by atoms with Gasteiger partial charge in [-0.3, -0.25) is 4.79 Å². The summed E-state index contributed by atoms with van der Waals surface area (Å²) in [5.41, 5.74) is 0.268. The van der Waals surface area contributed by atoms with E-state index in [1.165, 1.54) is 35.2 Å². The highest BCUT2D eigenvalue weighted by Gasteiger charge is 2.14. The average molecular weight is 373 g/mol. The largest absolute Gasteiger partial charge is 0.481 e. The number of likely N-dealkylation sites (N-methyl/N-ethyl adjacent to an activating group) is 1. The van der Waals surface area contributed by atoms with E-state index in [1.807, 2.05) is 0 Å². The van der Waals surface area contributed by atoms with Crippen molar-refractivity contribution in [2.75, 3.05) is 13.6 Å². The topological polar surface area (TPSA) is 68.5 Å². The molecule has 0 bridgehead atoms. The van der Waals surface area contributed by atoms with Crippen LogP contribution in [0.1, 0.15) is 22.1 Å². The van der Waals surface area contributed by atoms with Crippen molar-refractivity contribution in [2.24, 2.45) is 0 Å². The number of halogens is 2. The number of carbonyl (C=O) groups is 1. The zero-order valence-corrected chi connectivity index (χ0v) is 14.6. The minimum Gasteiger partial charge on any atom is -0.481 e. The quantitative estimate of drug-likeness (QED) is 0.636. The Hall–Kier alpha value is -3.29. The predicted octanol–water partition coefficient (Wildman–Crippen LogP) is 3.24. The lowest BCUT2D eigenvalue weighted by atomic mass is 10.2. The average Bonchev–Trinajstić information content (AvgIpc) is 3.13. The molecule has 0 spiro atoms. The first kappa shape index (κ1) is 18.5. The van der Waals surface area contributed by atoms with Crippen LogP contribution in [0.3, 0.4) is 0 Å². The zero-order chi connectivity index (χ0) is 19.2. The molecule has 1 aromatic heterocycles. The molecule has 8 heteroatoms. The summed E-state index contributed by atoms with van der Waals surface area (Å²) in [6.07, 6.45) is 0.348. The Bertz CT molecular complexity index is 930. The summed E-state index contributed by atoms with van der Waals surface area (Å²) in [5, 5.41) is 3.81. The third-order valence-electron chi connectivity index (χ3n) is 3.79. The van der Waals surface area contributed by atoms with Crippen molar-refractivity contribution < 1.29 is 22.8 Å². The fourth-order valence-corrected chi connectivity index (χ4v) is 2.36. The van der Waals surface area contributed by atoms with Crippen molar-refractivity contribution in [2.45, 2.75) is 13.0 Å². The third-order valence-corrected chi connectivity index (χ3v) is 3.79. The molecule has 0 saturated heterocycles. The molecule has 0 unspecified atom stereocenters. The molecule has 27 heavy (non-hydrogen) atoms. The van der Waals surface area contributed by atoms with Gasteiger partial charge in [0, 0.05) is 25.6 Å². The zero-order valence-electron chi connectivity index (χ0n) is 14.6. The van der Waals surface area contributed by atoms with Gasteiger partial charge in [0.15, 0.2) is 24.0 Å². The van der Waals surface area contributed by atoms with E-state index in [-0.39, 0.29) is 29.7 Å². The van der Waals surface area contributed by atoms with E-state index in [2.05, 4.69) is 10.1 Å². The molecule has 0 aliphatic carbocycles. The van der Waals surface area contributed by atoms with Gasteiger partial charge in [-0.15, -0.1) is 0 Å². The highest BCUT2D eigenvalue weighted by atomic mass is 19.1.